The first-order valence-electron chi connectivity index (χ1n) is 7.40. The Bertz CT molecular complexity index is 707. The summed E-state index contributed by atoms with van der Waals surface area (Å²) < 4.78 is 0. The molecule has 2 aromatic carbocycles. The van der Waals surface area contributed by atoms with E-state index in [0.29, 0.717) is 17.7 Å². The highest BCUT2D eigenvalue weighted by molar-refractivity contribution is 6.02. The first-order valence-corrected chi connectivity index (χ1v) is 7.40. The number of hydrogen-bond acceptors (Lipinski definition) is 3. The van der Waals surface area contributed by atoms with E-state index >= 15 is 0 Å². The van der Waals surface area contributed by atoms with Crippen molar-refractivity contribution in [2.45, 2.75) is 20.3 Å². The molecule has 0 aliphatic carbocycles. The zero-order chi connectivity index (χ0) is 16.7. The Morgan fingerprint density at radius 3 is 2.17 bits per heavy atom. The molecule has 0 atom stereocenters. The number of amides is 2. The molecule has 23 heavy (non-hydrogen) atoms. The minimum absolute atomic E-state index is 0.151. The number of hydrazone groups is 1. The summed E-state index contributed by atoms with van der Waals surface area (Å²) >= 11 is 0. The summed E-state index contributed by atoms with van der Waals surface area (Å²) in [5, 5.41) is 6.86. The third-order valence-corrected chi connectivity index (χ3v) is 3.20. The van der Waals surface area contributed by atoms with Gasteiger partial charge in [0.05, 0.1) is 5.71 Å². The number of anilines is 1. The van der Waals surface area contributed by atoms with Gasteiger partial charge in [0.2, 0.25) is 5.91 Å². The summed E-state index contributed by atoms with van der Waals surface area (Å²) in [7, 11) is 0. The predicted octanol–water partition coefficient (Wildman–Crippen LogP) is 3.19. The molecule has 2 rings (SSSR count). The molecule has 0 saturated heterocycles. The summed E-state index contributed by atoms with van der Waals surface area (Å²) in [5.41, 5.74) is 5.49. The van der Waals surface area contributed by atoms with Crippen molar-refractivity contribution < 1.29 is 9.59 Å². The fraction of sp³-hybridized carbons (Fsp3) is 0.167. The predicted molar refractivity (Wildman–Crippen MR) is 91.5 cm³/mol. The summed E-state index contributed by atoms with van der Waals surface area (Å²) in [6.07, 6.45) is 0.714. The Kier molecular flexibility index (Phi) is 5.63. The lowest BCUT2D eigenvalue weighted by Crippen LogP contribution is -2.20. The maximum atomic E-state index is 12.1. The van der Waals surface area contributed by atoms with E-state index in [2.05, 4.69) is 15.8 Å². The first kappa shape index (κ1) is 16.4. The van der Waals surface area contributed by atoms with Crippen molar-refractivity contribution in [3.05, 3.63) is 65.7 Å². The molecule has 0 spiro atoms. The maximum absolute atomic E-state index is 12.1. The number of nitrogens with one attached hydrogen (secondary N) is 2. The van der Waals surface area contributed by atoms with E-state index in [1.807, 2.05) is 37.3 Å². The minimum atomic E-state index is -0.291. The molecule has 0 aliphatic rings. The molecule has 0 unspecified atom stereocenters. The van der Waals surface area contributed by atoms with Crippen LogP contribution in [0.15, 0.2) is 59.7 Å². The Hall–Kier alpha value is -2.95. The van der Waals surface area contributed by atoms with Gasteiger partial charge in [-0.2, -0.15) is 5.10 Å². The molecule has 2 amide bonds. The van der Waals surface area contributed by atoms with Crippen molar-refractivity contribution in [2.75, 3.05) is 5.32 Å². The Labute approximate surface area is 135 Å². The van der Waals surface area contributed by atoms with E-state index < -0.39 is 0 Å². The third kappa shape index (κ3) is 4.78. The summed E-state index contributed by atoms with van der Waals surface area (Å²) in [4.78, 5) is 23.1. The van der Waals surface area contributed by atoms with Crippen molar-refractivity contribution >= 4 is 23.2 Å². The van der Waals surface area contributed by atoms with Crippen molar-refractivity contribution in [3.8, 4) is 0 Å². The van der Waals surface area contributed by atoms with Gasteiger partial charge in [0.15, 0.2) is 0 Å². The van der Waals surface area contributed by atoms with Crippen LogP contribution >= 0.6 is 0 Å². The van der Waals surface area contributed by atoms with E-state index in [0.717, 1.165) is 11.3 Å². The normalized spacial score (nSPS) is 11.0. The second-order valence-corrected chi connectivity index (χ2v) is 4.98. The highest BCUT2D eigenvalue weighted by Gasteiger charge is 2.06. The molecule has 0 bridgehead atoms. The lowest BCUT2D eigenvalue weighted by atomic mass is 10.1. The van der Waals surface area contributed by atoms with Crippen LogP contribution in [0.1, 0.15) is 36.2 Å². The fourth-order valence-corrected chi connectivity index (χ4v) is 2.07. The monoisotopic (exact) mass is 309 g/mol. The van der Waals surface area contributed by atoms with Gasteiger partial charge in [0.25, 0.3) is 5.91 Å². The molecule has 118 valence electrons. The van der Waals surface area contributed by atoms with Crippen LogP contribution in [0.4, 0.5) is 5.69 Å². The van der Waals surface area contributed by atoms with E-state index in [1.165, 1.54) is 6.92 Å². The molecule has 0 heterocycles. The second-order valence-electron chi connectivity index (χ2n) is 4.98. The van der Waals surface area contributed by atoms with Gasteiger partial charge < -0.3 is 5.32 Å². The van der Waals surface area contributed by atoms with E-state index in [-0.39, 0.29) is 11.8 Å². The summed E-state index contributed by atoms with van der Waals surface area (Å²) in [6.45, 7) is 3.42. The second kappa shape index (κ2) is 7.89. The highest BCUT2D eigenvalue weighted by Crippen LogP contribution is 2.10. The van der Waals surface area contributed by atoms with E-state index in [9.17, 15) is 9.59 Å². The van der Waals surface area contributed by atoms with Crippen molar-refractivity contribution in [1.82, 2.24) is 5.43 Å². The van der Waals surface area contributed by atoms with Crippen LogP contribution in [0.25, 0.3) is 0 Å². The van der Waals surface area contributed by atoms with E-state index in [4.69, 9.17) is 0 Å². The van der Waals surface area contributed by atoms with Gasteiger partial charge >= 0.3 is 0 Å². The largest absolute Gasteiger partial charge is 0.326 e. The van der Waals surface area contributed by atoms with Crippen LogP contribution < -0.4 is 10.7 Å². The van der Waals surface area contributed by atoms with Crippen LogP contribution in [0, 0.1) is 0 Å². The highest BCUT2D eigenvalue weighted by atomic mass is 16.2. The lowest BCUT2D eigenvalue weighted by molar-refractivity contribution is -0.114. The van der Waals surface area contributed by atoms with Crippen molar-refractivity contribution in [3.63, 3.8) is 0 Å². The fourth-order valence-electron chi connectivity index (χ4n) is 2.07. The molecule has 0 saturated carbocycles. The van der Waals surface area contributed by atoms with Crippen LogP contribution in [-0.2, 0) is 4.79 Å². The topological polar surface area (TPSA) is 70.6 Å². The summed E-state index contributed by atoms with van der Waals surface area (Å²) in [5.74, 6) is -0.441. The quantitative estimate of drug-likeness (QED) is 0.658. The SMILES string of the molecule is CCC(=NNC(=O)c1ccc(NC(C)=O)cc1)c1ccccc1. The molecule has 2 aromatic rings. The lowest BCUT2D eigenvalue weighted by Gasteiger charge is -2.06. The molecule has 2 N–H and O–H groups in total. The number of benzene rings is 2. The van der Waals surface area contributed by atoms with Gasteiger partial charge in [0, 0.05) is 18.2 Å². The van der Waals surface area contributed by atoms with Gasteiger partial charge in [-0.3, -0.25) is 9.59 Å². The van der Waals surface area contributed by atoms with Gasteiger partial charge in [-0.05, 0) is 36.2 Å². The van der Waals surface area contributed by atoms with Crippen LogP contribution in [0.5, 0.6) is 0 Å². The van der Waals surface area contributed by atoms with Crippen LogP contribution in [-0.4, -0.2) is 17.5 Å². The van der Waals surface area contributed by atoms with Gasteiger partial charge in [-0.25, -0.2) is 5.43 Å². The number of carbonyl (C=O) groups is 2. The zero-order valence-corrected chi connectivity index (χ0v) is 13.2. The van der Waals surface area contributed by atoms with Gasteiger partial charge in [-0.15, -0.1) is 0 Å². The zero-order valence-electron chi connectivity index (χ0n) is 13.2. The number of rotatable bonds is 5. The molecular weight excluding hydrogens is 290 g/mol. The van der Waals surface area contributed by atoms with Gasteiger partial charge in [-0.1, -0.05) is 37.3 Å². The molecular formula is C18H19N3O2. The molecule has 0 radical (unpaired) electrons. The van der Waals surface area contributed by atoms with Crippen molar-refractivity contribution in [2.24, 2.45) is 5.10 Å². The number of hydrogen-bond donors (Lipinski definition) is 2. The Balaban J connectivity index is 2.06. The number of carbonyl (C=O) groups excluding carboxylic acids is 2. The summed E-state index contributed by atoms with van der Waals surface area (Å²) in [6, 6.07) is 16.4. The smallest absolute Gasteiger partial charge is 0.271 e. The average Bonchev–Trinajstić information content (AvgIpc) is 2.56. The number of nitrogens with zero attached hydrogens (tertiary/aromatic N) is 1. The molecule has 0 aromatic heterocycles. The van der Waals surface area contributed by atoms with Crippen LogP contribution in [0.2, 0.25) is 0 Å². The molecule has 0 aliphatic heterocycles. The molecule has 5 nitrogen and oxygen atoms in total. The van der Waals surface area contributed by atoms with Crippen LogP contribution in [0.3, 0.4) is 0 Å². The average molecular weight is 309 g/mol. The standard InChI is InChI=1S/C18H19N3O2/c1-3-17(14-7-5-4-6-8-14)20-21-18(23)15-9-11-16(12-10-15)19-13(2)22/h4-12H,3H2,1-2H3,(H,19,22)(H,21,23). The molecule has 0 fully saturated rings. The third-order valence-electron chi connectivity index (χ3n) is 3.20. The first-order chi connectivity index (χ1) is 11.1. The molecule has 5 heteroatoms. The maximum Gasteiger partial charge on any atom is 0.271 e. The Morgan fingerprint density at radius 2 is 1.61 bits per heavy atom. The van der Waals surface area contributed by atoms with E-state index in [1.54, 1.807) is 24.3 Å². The minimum Gasteiger partial charge on any atom is -0.326 e. The Morgan fingerprint density at radius 1 is 0.957 bits per heavy atom. The van der Waals surface area contributed by atoms with Crippen molar-refractivity contribution in [1.29, 1.82) is 0 Å². The van der Waals surface area contributed by atoms with Gasteiger partial charge in [0.1, 0.15) is 0 Å².